The van der Waals surface area contributed by atoms with E-state index in [4.69, 9.17) is 4.74 Å². The van der Waals surface area contributed by atoms with E-state index in [1.807, 2.05) is 0 Å². The van der Waals surface area contributed by atoms with E-state index in [1.54, 1.807) is 18.2 Å². The number of aliphatic hydroxyl groups is 1. The van der Waals surface area contributed by atoms with Crippen LogP contribution in [0.2, 0.25) is 0 Å². The molecule has 0 radical (unpaired) electrons. The second kappa shape index (κ2) is 6.03. The Labute approximate surface area is 126 Å². The number of β-amino-alcohol motifs (C(OH)–C–C–N with tert-alkyl or cyclic N) is 1. The monoisotopic (exact) mass is 295 g/mol. The van der Waals surface area contributed by atoms with Crippen molar-refractivity contribution >= 4 is 0 Å². The summed E-state index contributed by atoms with van der Waals surface area (Å²) in [5.74, 6) is -0.266. The lowest BCUT2D eigenvalue weighted by Gasteiger charge is -2.62. The Morgan fingerprint density at radius 2 is 1.95 bits per heavy atom. The van der Waals surface area contributed by atoms with Crippen molar-refractivity contribution in [2.45, 2.75) is 45.9 Å². The molecule has 1 fully saturated rings. The molecule has 0 saturated carbocycles. The topological polar surface area (TPSA) is 32.7 Å². The van der Waals surface area contributed by atoms with E-state index in [0.29, 0.717) is 12.1 Å². The number of hydrogen-bond acceptors (Lipinski definition) is 3. The largest absolute Gasteiger partial charge is 0.389 e. The molecule has 1 aromatic rings. The van der Waals surface area contributed by atoms with E-state index in [0.717, 1.165) is 6.54 Å². The number of hydrogen-bond donors (Lipinski definition) is 1. The maximum atomic E-state index is 13.4. The molecule has 0 aromatic heterocycles. The maximum Gasteiger partial charge on any atom is 0.128 e. The SMILES string of the molecule is CC1(C)CN(CC(O)COCc2ccccc2F)C1(C)C. The molecule has 21 heavy (non-hydrogen) atoms. The highest BCUT2D eigenvalue weighted by Gasteiger charge is 2.52. The Morgan fingerprint density at radius 3 is 2.52 bits per heavy atom. The summed E-state index contributed by atoms with van der Waals surface area (Å²) < 4.78 is 18.9. The Morgan fingerprint density at radius 1 is 1.29 bits per heavy atom. The number of ether oxygens (including phenoxy) is 1. The number of benzene rings is 1. The average Bonchev–Trinajstić information content (AvgIpc) is 2.40. The first kappa shape index (κ1) is 16.4. The first-order valence-electron chi connectivity index (χ1n) is 7.48. The van der Waals surface area contributed by atoms with Gasteiger partial charge in [0.2, 0.25) is 0 Å². The van der Waals surface area contributed by atoms with Gasteiger partial charge < -0.3 is 9.84 Å². The van der Waals surface area contributed by atoms with Crippen LogP contribution >= 0.6 is 0 Å². The van der Waals surface area contributed by atoms with Gasteiger partial charge in [-0.05, 0) is 25.3 Å². The normalized spacial score (nSPS) is 21.8. The fourth-order valence-electron chi connectivity index (χ4n) is 2.73. The minimum absolute atomic E-state index is 0.0829. The predicted octanol–water partition coefficient (Wildman–Crippen LogP) is 2.82. The minimum Gasteiger partial charge on any atom is -0.389 e. The van der Waals surface area contributed by atoms with Crippen LogP contribution in [0.25, 0.3) is 0 Å². The van der Waals surface area contributed by atoms with Gasteiger partial charge in [0.25, 0.3) is 0 Å². The van der Waals surface area contributed by atoms with Gasteiger partial charge in [-0.1, -0.05) is 32.0 Å². The Kier molecular flexibility index (Phi) is 4.71. The summed E-state index contributed by atoms with van der Waals surface area (Å²) in [4.78, 5) is 2.27. The van der Waals surface area contributed by atoms with E-state index < -0.39 is 6.10 Å². The smallest absolute Gasteiger partial charge is 0.128 e. The summed E-state index contributed by atoms with van der Waals surface area (Å²) in [6.07, 6.45) is -0.549. The van der Waals surface area contributed by atoms with Crippen LogP contribution in [0, 0.1) is 11.2 Å². The third-order valence-electron chi connectivity index (χ3n) is 4.99. The zero-order valence-electron chi connectivity index (χ0n) is 13.4. The van der Waals surface area contributed by atoms with Crippen LogP contribution in [-0.4, -0.2) is 41.3 Å². The molecule has 1 unspecified atom stereocenters. The van der Waals surface area contributed by atoms with Gasteiger partial charge in [0.15, 0.2) is 0 Å². The van der Waals surface area contributed by atoms with Gasteiger partial charge in [0.1, 0.15) is 5.82 Å². The number of rotatable bonds is 6. The van der Waals surface area contributed by atoms with E-state index in [-0.39, 0.29) is 30.0 Å². The lowest BCUT2D eigenvalue weighted by atomic mass is 9.65. The number of likely N-dealkylation sites (tertiary alicyclic amines) is 1. The molecule has 118 valence electrons. The third-order valence-corrected chi connectivity index (χ3v) is 4.99. The molecule has 1 atom stereocenters. The molecule has 3 nitrogen and oxygen atoms in total. The Balaban J connectivity index is 1.74. The van der Waals surface area contributed by atoms with Crippen LogP contribution in [0.3, 0.4) is 0 Å². The van der Waals surface area contributed by atoms with Crippen LogP contribution in [-0.2, 0) is 11.3 Å². The van der Waals surface area contributed by atoms with Crippen molar-refractivity contribution in [3.63, 3.8) is 0 Å². The van der Waals surface area contributed by atoms with Crippen molar-refractivity contribution in [3.8, 4) is 0 Å². The van der Waals surface area contributed by atoms with Gasteiger partial charge in [-0.25, -0.2) is 4.39 Å². The first-order valence-corrected chi connectivity index (χ1v) is 7.48. The second-order valence-electron chi connectivity index (χ2n) is 7.08. The molecule has 1 N–H and O–H groups in total. The van der Waals surface area contributed by atoms with Crippen molar-refractivity contribution in [3.05, 3.63) is 35.6 Å². The summed E-state index contributed by atoms with van der Waals surface area (Å²) >= 11 is 0. The van der Waals surface area contributed by atoms with Crippen LogP contribution in [0.15, 0.2) is 24.3 Å². The molecule has 0 aliphatic carbocycles. The molecule has 4 heteroatoms. The van der Waals surface area contributed by atoms with E-state index >= 15 is 0 Å². The van der Waals surface area contributed by atoms with Crippen LogP contribution in [0.4, 0.5) is 4.39 Å². The van der Waals surface area contributed by atoms with Crippen molar-refractivity contribution in [2.24, 2.45) is 5.41 Å². The fraction of sp³-hybridized carbons (Fsp3) is 0.647. The standard InChI is InChI=1S/C17H26FNO2/c1-16(2)12-19(17(16,3)4)9-14(20)11-21-10-13-7-5-6-8-15(13)18/h5-8,14,20H,9-12H2,1-4H3. The molecule has 1 aliphatic heterocycles. The molecule has 1 saturated heterocycles. The van der Waals surface area contributed by atoms with Crippen LogP contribution in [0.1, 0.15) is 33.3 Å². The predicted molar refractivity (Wildman–Crippen MR) is 81.5 cm³/mol. The zero-order valence-corrected chi connectivity index (χ0v) is 13.4. The lowest BCUT2D eigenvalue weighted by molar-refractivity contribution is -0.137. The quantitative estimate of drug-likeness (QED) is 0.876. The summed E-state index contributed by atoms with van der Waals surface area (Å²) in [6, 6.07) is 6.55. The molecule has 1 aliphatic rings. The molecule has 0 spiro atoms. The highest BCUT2D eigenvalue weighted by atomic mass is 19.1. The molecule has 1 aromatic carbocycles. The number of halogens is 1. The van der Waals surface area contributed by atoms with E-state index in [2.05, 4.69) is 32.6 Å². The van der Waals surface area contributed by atoms with Crippen molar-refractivity contribution < 1.29 is 14.2 Å². The third kappa shape index (κ3) is 3.44. The molecular formula is C17H26FNO2. The first-order chi connectivity index (χ1) is 9.74. The van der Waals surface area contributed by atoms with Crippen molar-refractivity contribution in [1.29, 1.82) is 0 Å². The van der Waals surface area contributed by atoms with Gasteiger partial charge in [-0.15, -0.1) is 0 Å². The van der Waals surface area contributed by atoms with Crippen molar-refractivity contribution in [2.75, 3.05) is 19.7 Å². The van der Waals surface area contributed by atoms with Crippen molar-refractivity contribution in [1.82, 2.24) is 4.90 Å². The average molecular weight is 295 g/mol. The maximum absolute atomic E-state index is 13.4. The minimum atomic E-state index is -0.549. The second-order valence-corrected chi connectivity index (χ2v) is 7.08. The zero-order chi connectivity index (χ0) is 15.7. The van der Waals surface area contributed by atoms with Crippen LogP contribution in [0.5, 0.6) is 0 Å². The summed E-state index contributed by atoms with van der Waals surface area (Å²) in [6.45, 7) is 10.9. The fourth-order valence-corrected chi connectivity index (χ4v) is 2.73. The van der Waals surface area contributed by atoms with Gasteiger partial charge in [0, 0.05) is 24.2 Å². The number of aliphatic hydroxyl groups excluding tert-OH is 1. The summed E-state index contributed by atoms with van der Waals surface area (Å²) in [7, 11) is 0. The van der Waals surface area contributed by atoms with E-state index in [1.165, 1.54) is 6.07 Å². The molecular weight excluding hydrogens is 269 g/mol. The Hall–Kier alpha value is -0.970. The highest BCUT2D eigenvalue weighted by molar-refractivity contribution is 5.16. The molecule has 2 rings (SSSR count). The van der Waals surface area contributed by atoms with Gasteiger partial charge in [-0.3, -0.25) is 4.90 Å². The van der Waals surface area contributed by atoms with Crippen LogP contribution < -0.4 is 0 Å². The molecule has 0 bridgehead atoms. The van der Waals surface area contributed by atoms with Gasteiger partial charge in [0.05, 0.1) is 19.3 Å². The molecule has 0 amide bonds. The number of nitrogens with zero attached hydrogens (tertiary/aromatic N) is 1. The summed E-state index contributed by atoms with van der Waals surface area (Å²) in [5, 5.41) is 10.1. The lowest BCUT2D eigenvalue weighted by Crippen LogP contribution is -2.70. The summed E-state index contributed by atoms with van der Waals surface area (Å²) in [5.41, 5.74) is 0.871. The molecule has 1 heterocycles. The van der Waals surface area contributed by atoms with Gasteiger partial charge in [-0.2, -0.15) is 0 Å². The van der Waals surface area contributed by atoms with E-state index in [9.17, 15) is 9.50 Å². The Bertz CT molecular complexity index is 487. The highest BCUT2D eigenvalue weighted by Crippen LogP contribution is 2.46. The van der Waals surface area contributed by atoms with Gasteiger partial charge >= 0.3 is 0 Å².